The Bertz CT molecular complexity index is 1320. The number of benzene rings is 1. The number of aromatic nitrogens is 3. The van der Waals surface area contributed by atoms with Gasteiger partial charge in [-0.1, -0.05) is 6.08 Å². The Morgan fingerprint density at radius 3 is 2.94 bits per heavy atom. The molecule has 31 heavy (non-hydrogen) atoms. The van der Waals surface area contributed by atoms with Gasteiger partial charge in [-0.05, 0) is 29.9 Å². The van der Waals surface area contributed by atoms with Crippen molar-refractivity contribution in [3.63, 3.8) is 0 Å². The van der Waals surface area contributed by atoms with Gasteiger partial charge in [0.05, 0.1) is 12.1 Å². The Morgan fingerprint density at radius 2 is 2.16 bits per heavy atom. The molecule has 3 aromatic rings. The van der Waals surface area contributed by atoms with Gasteiger partial charge in [-0.25, -0.2) is 22.8 Å². The SMILES string of the molecule is CS(=O)(=O)c1ncn2c(NCc3c(F)ccc4c3CCO4)ncc(C3=CCSCC3)c12. The Balaban J connectivity index is 1.58. The van der Waals surface area contributed by atoms with E-state index in [0.29, 0.717) is 35.8 Å². The van der Waals surface area contributed by atoms with E-state index in [2.05, 4.69) is 21.4 Å². The summed E-state index contributed by atoms with van der Waals surface area (Å²) in [5.74, 6) is 2.65. The second-order valence-electron chi connectivity index (χ2n) is 7.54. The minimum absolute atomic E-state index is 0.0206. The van der Waals surface area contributed by atoms with Crippen LogP contribution in [0.5, 0.6) is 5.75 Å². The van der Waals surface area contributed by atoms with Crippen molar-refractivity contribution < 1.29 is 17.5 Å². The summed E-state index contributed by atoms with van der Waals surface area (Å²) in [6, 6.07) is 3.05. The Hall–Kier alpha value is -2.59. The van der Waals surface area contributed by atoms with Crippen molar-refractivity contribution in [3.05, 3.63) is 53.2 Å². The Labute approximate surface area is 183 Å². The molecular weight excluding hydrogens is 439 g/mol. The van der Waals surface area contributed by atoms with Gasteiger partial charge in [0, 0.05) is 47.9 Å². The van der Waals surface area contributed by atoms with Gasteiger partial charge in [-0.2, -0.15) is 11.8 Å². The molecule has 0 saturated carbocycles. The smallest absolute Gasteiger partial charge is 0.209 e. The number of imidazole rings is 1. The number of nitrogens with one attached hydrogen (secondary N) is 1. The van der Waals surface area contributed by atoms with Crippen molar-refractivity contribution in [2.75, 3.05) is 29.7 Å². The minimum atomic E-state index is -3.54. The number of rotatable bonds is 5. The maximum atomic E-state index is 14.5. The second kappa shape index (κ2) is 7.83. The molecule has 7 nitrogen and oxygen atoms in total. The molecule has 0 aliphatic carbocycles. The number of anilines is 1. The van der Waals surface area contributed by atoms with Crippen molar-refractivity contribution in [2.24, 2.45) is 0 Å². The number of sulfone groups is 1. The lowest BCUT2D eigenvalue weighted by molar-refractivity contribution is 0.356. The highest BCUT2D eigenvalue weighted by Crippen LogP contribution is 2.33. The molecule has 4 heterocycles. The van der Waals surface area contributed by atoms with Crippen molar-refractivity contribution in [1.82, 2.24) is 14.4 Å². The number of fused-ring (bicyclic) bond motifs is 2. The molecular formula is C21H21FN4O3S2. The number of hydrogen-bond donors (Lipinski definition) is 1. The van der Waals surface area contributed by atoms with E-state index in [0.717, 1.165) is 40.9 Å². The van der Waals surface area contributed by atoms with Crippen LogP contribution in [0.1, 0.15) is 23.1 Å². The molecule has 10 heteroatoms. The van der Waals surface area contributed by atoms with E-state index in [9.17, 15) is 12.8 Å². The van der Waals surface area contributed by atoms with E-state index in [1.165, 1.54) is 12.4 Å². The standard InChI is InChI=1S/C21H21FN4O3S2/c1-31(27,28)20-19-15(13-5-8-30-9-6-13)10-23-21(26(19)12-25-20)24-11-16-14-4-7-29-18(14)3-2-17(16)22/h2-3,5,10,12H,4,6-9,11H2,1H3,(H,23,24). The quantitative estimate of drug-likeness (QED) is 0.625. The number of ether oxygens (including phenoxy) is 1. The summed E-state index contributed by atoms with van der Waals surface area (Å²) in [6.45, 7) is 0.737. The number of thioether (sulfide) groups is 1. The van der Waals surface area contributed by atoms with Crippen LogP contribution in [0.4, 0.5) is 10.3 Å². The predicted octanol–water partition coefficient (Wildman–Crippen LogP) is 3.34. The normalized spacial score (nSPS) is 16.1. The maximum Gasteiger partial charge on any atom is 0.209 e. The molecule has 0 spiro atoms. The van der Waals surface area contributed by atoms with Crippen LogP contribution in [-0.4, -0.2) is 47.2 Å². The Morgan fingerprint density at radius 1 is 1.29 bits per heavy atom. The fourth-order valence-corrected chi connectivity index (χ4v) is 5.72. The lowest BCUT2D eigenvalue weighted by Gasteiger charge is -2.16. The fraction of sp³-hybridized carbons (Fsp3) is 0.333. The van der Waals surface area contributed by atoms with E-state index in [4.69, 9.17) is 4.74 Å². The summed E-state index contributed by atoms with van der Waals surface area (Å²) in [4.78, 5) is 8.71. The van der Waals surface area contributed by atoms with Gasteiger partial charge in [0.15, 0.2) is 14.9 Å². The van der Waals surface area contributed by atoms with E-state index in [1.54, 1.807) is 16.7 Å². The molecule has 0 amide bonds. The van der Waals surface area contributed by atoms with Crippen molar-refractivity contribution in [2.45, 2.75) is 24.4 Å². The van der Waals surface area contributed by atoms with Gasteiger partial charge in [0.25, 0.3) is 0 Å². The van der Waals surface area contributed by atoms with Crippen LogP contribution in [0.3, 0.4) is 0 Å². The molecule has 2 aliphatic rings. The zero-order chi connectivity index (χ0) is 21.6. The summed E-state index contributed by atoms with van der Waals surface area (Å²) in [5, 5.41) is 3.19. The van der Waals surface area contributed by atoms with E-state index >= 15 is 0 Å². The van der Waals surface area contributed by atoms with Gasteiger partial charge >= 0.3 is 0 Å². The number of hydrogen-bond acceptors (Lipinski definition) is 7. The molecule has 0 saturated heterocycles. The Kier molecular flexibility index (Phi) is 5.13. The van der Waals surface area contributed by atoms with Crippen LogP contribution < -0.4 is 10.1 Å². The zero-order valence-electron chi connectivity index (χ0n) is 16.9. The monoisotopic (exact) mass is 460 g/mol. The van der Waals surface area contributed by atoms with Gasteiger partial charge in [-0.3, -0.25) is 4.40 Å². The van der Waals surface area contributed by atoms with Crippen LogP contribution >= 0.6 is 11.8 Å². The summed E-state index contributed by atoms with van der Waals surface area (Å²) in [6.07, 6.45) is 7.90. The molecule has 2 aliphatic heterocycles. The molecule has 2 aromatic heterocycles. The first kappa shape index (κ1) is 20.3. The molecule has 5 rings (SSSR count). The van der Waals surface area contributed by atoms with E-state index in [1.807, 2.05) is 11.8 Å². The van der Waals surface area contributed by atoms with Crippen molar-refractivity contribution in [1.29, 1.82) is 0 Å². The highest BCUT2D eigenvalue weighted by molar-refractivity contribution is 7.99. The van der Waals surface area contributed by atoms with Crippen molar-refractivity contribution >= 4 is 38.6 Å². The second-order valence-corrected chi connectivity index (χ2v) is 10.6. The molecule has 0 fully saturated rings. The van der Waals surface area contributed by atoms with Gasteiger partial charge in [0.2, 0.25) is 5.95 Å². The van der Waals surface area contributed by atoms with Crippen LogP contribution in [0, 0.1) is 5.82 Å². The molecule has 1 aromatic carbocycles. The summed E-state index contributed by atoms with van der Waals surface area (Å²) < 4.78 is 46.5. The number of halogens is 1. The lowest BCUT2D eigenvalue weighted by atomic mass is 10.0. The van der Waals surface area contributed by atoms with E-state index in [-0.39, 0.29) is 17.4 Å². The van der Waals surface area contributed by atoms with Crippen LogP contribution in [0.2, 0.25) is 0 Å². The summed E-state index contributed by atoms with van der Waals surface area (Å²) in [7, 11) is -3.54. The first-order chi connectivity index (χ1) is 14.9. The average molecular weight is 461 g/mol. The van der Waals surface area contributed by atoms with Gasteiger partial charge in [0.1, 0.15) is 17.9 Å². The third kappa shape index (κ3) is 3.67. The average Bonchev–Trinajstić information content (AvgIpc) is 3.41. The van der Waals surface area contributed by atoms with Crippen LogP contribution in [0.25, 0.3) is 11.1 Å². The highest BCUT2D eigenvalue weighted by Gasteiger charge is 2.24. The summed E-state index contributed by atoms with van der Waals surface area (Å²) in [5.41, 5.74) is 3.72. The zero-order valence-corrected chi connectivity index (χ0v) is 18.5. The first-order valence-electron chi connectivity index (χ1n) is 9.93. The minimum Gasteiger partial charge on any atom is -0.493 e. The van der Waals surface area contributed by atoms with Gasteiger partial charge in [-0.15, -0.1) is 0 Å². The van der Waals surface area contributed by atoms with Crippen LogP contribution in [0.15, 0.2) is 35.8 Å². The molecule has 0 bridgehead atoms. The van der Waals surface area contributed by atoms with Crippen LogP contribution in [-0.2, 0) is 22.8 Å². The highest BCUT2D eigenvalue weighted by atomic mass is 32.2. The predicted molar refractivity (Wildman–Crippen MR) is 119 cm³/mol. The molecule has 0 unspecified atom stereocenters. The molecule has 0 atom stereocenters. The van der Waals surface area contributed by atoms with Gasteiger partial charge < -0.3 is 10.1 Å². The van der Waals surface area contributed by atoms with E-state index < -0.39 is 9.84 Å². The van der Waals surface area contributed by atoms with Crippen molar-refractivity contribution in [3.8, 4) is 5.75 Å². The fourth-order valence-electron chi connectivity index (χ4n) is 4.07. The number of allylic oxidation sites excluding steroid dienone is 1. The third-order valence-electron chi connectivity index (χ3n) is 5.56. The number of nitrogens with zero attached hydrogens (tertiary/aromatic N) is 3. The maximum absolute atomic E-state index is 14.5. The largest absolute Gasteiger partial charge is 0.493 e. The summed E-state index contributed by atoms with van der Waals surface area (Å²) >= 11 is 1.83. The molecule has 1 N–H and O–H groups in total. The molecule has 162 valence electrons. The first-order valence-corrected chi connectivity index (χ1v) is 13.0. The molecule has 0 radical (unpaired) electrons. The topological polar surface area (TPSA) is 85.6 Å². The lowest BCUT2D eigenvalue weighted by Crippen LogP contribution is -2.11. The third-order valence-corrected chi connectivity index (χ3v) is 7.45.